The molecule has 0 spiro atoms. The van der Waals surface area contributed by atoms with Crippen LogP contribution in [-0.4, -0.2) is 38.4 Å². The average Bonchev–Trinajstić information content (AvgIpc) is 3.15. The number of nitrogens with zero attached hydrogens (tertiary/aromatic N) is 5. The summed E-state index contributed by atoms with van der Waals surface area (Å²) in [6.07, 6.45) is 7.28. The zero-order valence-corrected chi connectivity index (χ0v) is 18.3. The summed E-state index contributed by atoms with van der Waals surface area (Å²) in [5, 5.41) is 8.67. The molecule has 3 aromatic rings. The van der Waals surface area contributed by atoms with E-state index in [1.165, 1.54) is 6.33 Å². The van der Waals surface area contributed by atoms with Gasteiger partial charge in [-0.05, 0) is 27.7 Å². The fourth-order valence-electron chi connectivity index (χ4n) is 3.63. The zero-order valence-electron chi connectivity index (χ0n) is 18.3. The van der Waals surface area contributed by atoms with Crippen LogP contribution in [-0.2, 0) is 10.3 Å². The van der Waals surface area contributed by atoms with E-state index in [-0.39, 0.29) is 5.91 Å². The number of nitrogens with one attached hydrogen (secondary N) is 1. The number of aromatic nitrogens is 4. The zero-order chi connectivity index (χ0) is 22.2. The van der Waals surface area contributed by atoms with Crippen molar-refractivity contribution < 1.29 is 4.79 Å². The number of hydrogen-bond acceptors (Lipinski definition) is 6. The summed E-state index contributed by atoms with van der Waals surface area (Å²) < 4.78 is 1.83. The molecule has 8 heteroatoms. The Bertz CT molecular complexity index is 1190. The van der Waals surface area contributed by atoms with Crippen LogP contribution < -0.4 is 11.1 Å². The molecule has 1 amide bonds. The summed E-state index contributed by atoms with van der Waals surface area (Å²) in [7, 11) is 0. The third-order valence-electron chi connectivity index (χ3n) is 5.74. The van der Waals surface area contributed by atoms with Crippen LogP contribution in [0.5, 0.6) is 0 Å². The van der Waals surface area contributed by atoms with Crippen molar-refractivity contribution in [3.05, 3.63) is 48.4 Å². The van der Waals surface area contributed by atoms with Crippen LogP contribution in [0.25, 0.3) is 22.3 Å². The predicted molar refractivity (Wildman–Crippen MR) is 123 cm³/mol. The average molecular weight is 418 g/mol. The van der Waals surface area contributed by atoms with Gasteiger partial charge in [-0.25, -0.2) is 14.6 Å². The number of nitrogen functional groups attached to an aromatic ring is 1. The largest absolute Gasteiger partial charge is 0.383 e. The van der Waals surface area contributed by atoms with E-state index in [9.17, 15) is 4.79 Å². The monoisotopic (exact) mass is 417 g/mol. The lowest BCUT2D eigenvalue weighted by molar-refractivity contribution is -0.128. The van der Waals surface area contributed by atoms with Crippen LogP contribution in [0.4, 0.5) is 5.82 Å². The predicted octanol–water partition coefficient (Wildman–Crippen LogP) is 3.23. The molecule has 160 valence electrons. The highest BCUT2D eigenvalue weighted by atomic mass is 16.2. The van der Waals surface area contributed by atoms with Gasteiger partial charge in [0, 0.05) is 30.9 Å². The molecule has 0 bridgehead atoms. The van der Waals surface area contributed by atoms with Crippen molar-refractivity contribution in [2.24, 2.45) is 10.4 Å². The van der Waals surface area contributed by atoms with Crippen molar-refractivity contribution in [2.45, 2.75) is 39.7 Å². The molecule has 3 heterocycles. The summed E-state index contributed by atoms with van der Waals surface area (Å²) in [6.45, 7) is 8.34. The molecule has 1 aliphatic rings. The number of nitrogens with two attached hydrogens (primary N) is 1. The summed E-state index contributed by atoms with van der Waals surface area (Å²) in [6, 6.07) is 8.10. The first-order valence-corrected chi connectivity index (χ1v) is 10.3. The smallest absolute Gasteiger partial charge is 0.230 e. The summed E-state index contributed by atoms with van der Waals surface area (Å²) in [4.78, 5) is 25.6. The fraction of sp³-hybridized carbons (Fsp3) is 0.348. The van der Waals surface area contributed by atoms with E-state index in [4.69, 9.17) is 10.8 Å². The molecular weight excluding hydrogens is 390 g/mol. The minimum absolute atomic E-state index is 0.0488. The molecule has 0 radical (unpaired) electrons. The van der Waals surface area contributed by atoms with Crippen molar-refractivity contribution in [1.82, 2.24) is 25.1 Å². The Hall–Kier alpha value is -3.55. The van der Waals surface area contributed by atoms with Crippen molar-refractivity contribution in [2.75, 3.05) is 12.3 Å². The Balaban J connectivity index is 1.69. The van der Waals surface area contributed by atoms with Crippen LogP contribution in [0.3, 0.4) is 0 Å². The Morgan fingerprint density at radius 1 is 1.26 bits per heavy atom. The first kappa shape index (κ1) is 20.7. The molecule has 2 aromatic heterocycles. The lowest BCUT2D eigenvalue weighted by Crippen LogP contribution is -2.46. The molecule has 0 saturated carbocycles. The van der Waals surface area contributed by atoms with Gasteiger partial charge >= 0.3 is 0 Å². The lowest BCUT2D eigenvalue weighted by atomic mass is 9.85. The second-order valence-corrected chi connectivity index (χ2v) is 8.85. The normalized spacial score (nSPS) is 18.5. The maximum absolute atomic E-state index is 12.9. The van der Waals surface area contributed by atoms with E-state index in [2.05, 4.69) is 20.3 Å². The Morgan fingerprint density at radius 2 is 2.00 bits per heavy atom. The number of amides is 1. The number of aliphatic imine (C=N–C) groups is 1. The number of fused-ring (bicyclic) bond motifs is 1. The van der Waals surface area contributed by atoms with Gasteiger partial charge < -0.3 is 11.1 Å². The van der Waals surface area contributed by atoms with Gasteiger partial charge in [-0.2, -0.15) is 5.10 Å². The van der Waals surface area contributed by atoms with Gasteiger partial charge in [0.25, 0.3) is 0 Å². The molecule has 8 nitrogen and oxygen atoms in total. The molecule has 0 saturated heterocycles. The van der Waals surface area contributed by atoms with E-state index in [0.29, 0.717) is 29.8 Å². The highest BCUT2D eigenvalue weighted by molar-refractivity contribution is 5.98. The van der Waals surface area contributed by atoms with Gasteiger partial charge in [-0.1, -0.05) is 35.9 Å². The minimum atomic E-state index is -0.607. The van der Waals surface area contributed by atoms with Crippen LogP contribution in [0.2, 0.25) is 0 Å². The van der Waals surface area contributed by atoms with E-state index in [1.54, 1.807) is 12.4 Å². The highest BCUT2D eigenvalue weighted by Crippen LogP contribution is 2.33. The van der Waals surface area contributed by atoms with Crippen LogP contribution in [0, 0.1) is 12.3 Å². The summed E-state index contributed by atoms with van der Waals surface area (Å²) in [5.41, 5.74) is 8.53. The Morgan fingerprint density at radius 3 is 2.68 bits per heavy atom. The molecule has 0 aliphatic carbocycles. The standard InChI is InChI=1S/C23H27N7O/c1-15-5-7-16(8-6-15)18-17-19(24)27-14-28-20(17)30(29-18)22(2,3)13-26-21(31)23(4)9-11-25-12-10-23/h5-9,11-12,14H,10,13H2,1-4H3,(H,26,31)(H2,24,27,28). The quantitative estimate of drug-likeness (QED) is 0.662. The van der Waals surface area contributed by atoms with Crippen molar-refractivity contribution in [3.63, 3.8) is 0 Å². The molecule has 1 aromatic carbocycles. The third-order valence-corrected chi connectivity index (χ3v) is 5.74. The maximum atomic E-state index is 12.9. The van der Waals surface area contributed by atoms with Gasteiger partial charge in [0.1, 0.15) is 17.8 Å². The number of hydrogen-bond donors (Lipinski definition) is 2. The second-order valence-electron chi connectivity index (χ2n) is 8.85. The van der Waals surface area contributed by atoms with Gasteiger partial charge in [-0.15, -0.1) is 0 Å². The summed E-state index contributed by atoms with van der Waals surface area (Å²) >= 11 is 0. The molecule has 1 unspecified atom stereocenters. The van der Waals surface area contributed by atoms with Crippen molar-refractivity contribution in [3.8, 4) is 11.3 Å². The number of aryl methyl sites for hydroxylation is 1. The molecular formula is C23H27N7O. The highest BCUT2D eigenvalue weighted by Gasteiger charge is 2.33. The van der Waals surface area contributed by atoms with E-state index < -0.39 is 11.0 Å². The molecule has 1 atom stereocenters. The van der Waals surface area contributed by atoms with Crippen LogP contribution in [0.15, 0.2) is 47.9 Å². The van der Waals surface area contributed by atoms with E-state index >= 15 is 0 Å². The van der Waals surface area contributed by atoms with Crippen molar-refractivity contribution >= 4 is 29.0 Å². The number of carbonyl (C=O) groups is 1. The Kier molecular flexibility index (Phi) is 5.08. The summed E-state index contributed by atoms with van der Waals surface area (Å²) in [5.74, 6) is 0.332. The topological polar surface area (TPSA) is 111 Å². The van der Waals surface area contributed by atoms with E-state index in [0.717, 1.165) is 16.8 Å². The van der Waals surface area contributed by atoms with Gasteiger partial charge in [0.15, 0.2) is 5.65 Å². The molecule has 3 N–H and O–H groups in total. The first-order chi connectivity index (χ1) is 14.7. The van der Waals surface area contributed by atoms with Gasteiger partial charge in [0.05, 0.1) is 16.3 Å². The maximum Gasteiger partial charge on any atom is 0.230 e. The number of rotatable bonds is 5. The number of carbonyl (C=O) groups excluding carboxylic acids is 1. The van der Waals surface area contributed by atoms with Gasteiger partial charge in [0.2, 0.25) is 5.91 Å². The van der Waals surface area contributed by atoms with Crippen LogP contribution in [0.1, 0.15) is 32.8 Å². The minimum Gasteiger partial charge on any atom is -0.383 e. The van der Waals surface area contributed by atoms with Gasteiger partial charge in [-0.3, -0.25) is 9.79 Å². The molecule has 31 heavy (non-hydrogen) atoms. The third kappa shape index (κ3) is 3.81. The number of benzene rings is 1. The molecule has 4 rings (SSSR count). The fourth-order valence-corrected chi connectivity index (χ4v) is 3.63. The SMILES string of the molecule is Cc1ccc(-c2nn(C(C)(C)CNC(=O)C3(C)C=CN=CC3)c3ncnc(N)c23)cc1. The Labute approximate surface area is 181 Å². The van der Waals surface area contributed by atoms with Crippen molar-refractivity contribution in [1.29, 1.82) is 0 Å². The number of anilines is 1. The van der Waals surface area contributed by atoms with E-state index in [1.807, 2.05) is 62.7 Å². The van der Waals surface area contributed by atoms with Crippen LogP contribution >= 0.6 is 0 Å². The second kappa shape index (κ2) is 7.61. The first-order valence-electron chi connectivity index (χ1n) is 10.3. The molecule has 0 fully saturated rings. The lowest BCUT2D eigenvalue weighted by Gasteiger charge is -2.30. The molecule has 1 aliphatic heterocycles.